The Bertz CT molecular complexity index is 1030. The number of thioether (sulfide) groups is 1. The fraction of sp³-hybridized carbons (Fsp3) is 0.318. The van der Waals surface area contributed by atoms with Crippen molar-refractivity contribution in [2.24, 2.45) is 0 Å². The van der Waals surface area contributed by atoms with Gasteiger partial charge in [0.25, 0.3) is 5.56 Å². The maximum Gasteiger partial charge on any atom is 0.262 e. The molecule has 0 spiro atoms. The van der Waals surface area contributed by atoms with Crippen molar-refractivity contribution in [2.45, 2.75) is 44.8 Å². The van der Waals surface area contributed by atoms with Gasteiger partial charge in [0.15, 0.2) is 10.9 Å². The maximum absolute atomic E-state index is 12.7. The number of aromatic nitrogens is 2. The van der Waals surface area contributed by atoms with Crippen LogP contribution in [0.2, 0.25) is 0 Å². The summed E-state index contributed by atoms with van der Waals surface area (Å²) in [5.74, 6) is 0.283. The third-order valence-electron chi connectivity index (χ3n) is 4.55. The lowest BCUT2D eigenvalue weighted by Crippen LogP contribution is -2.22. The molecule has 140 valence electrons. The Morgan fingerprint density at radius 2 is 1.74 bits per heavy atom. The molecule has 1 aromatic heterocycles. The van der Waals surface area contributed by atoms with Gasteiger partial charge in [0.1, 0.15) is 0 Å². The number of hydrogen-bond donors (Lipinski definition) is 0. The van der Waals surface area contributed by atoms with Gasteiger partial charge >= 0.3 is 0 Å². The van der Waals surface area contributed by atoms with Crippen molar-refractivity contribution in [2.75, 3.05) is 5.75 Å². The minimum atomic E-state index is -0.0624. The Kier molecular flexibility index (Phi) is 5.51. The van der Waals surface area contributed by atoms with Gasteiger partial charge in [-0.3, -0.25) is 14.2 Å². The van der Waals surface area contributed by atoms with Crippen molar-refractivity contribution < 1.29 is 4.79 Å². The topological polar surface area (TPSA) is 52.0 Å². The van der Waals surface area contributed by atoms with Crippen LogP contribution < -0.4 is 5.56 Å². The number of ketones is 1. The molecule has 0 unspecified atom stereocenters. The Balaban J connectivity index is 1.82. The molecule has 0 radical (unpaired) electrons. The van der Waals surface area contributed by atoms with Crippen LogP contribution in [0.1, 0.15) is 43.6 Å². The highest BCUT2D eigenvalue weighted by atomic mass is 32.2. The second kappa shape index (κ2) is 7.69. The van der Waals surface area contributed by atoms with Gasteiger partial charge < -0.3 is 0 Å². The highest BCUT2D eigenvalue weighted by molar-refractivity contribution is 7.99. The Morgan fingerprint density at radius 3 is 2.37 bits per heavy atom. The van der Waals surface area contributed by atoms with Gasteiger partial charge in [-0.15, -0.1) is 0 Å². The van der Waals surface area contributed by atoms with Gasteiger partial charge in [0.2, 0.25) is 0 Å². The smallest absolute Gasteiger partial charge is 0.262 e. The molecule has 0 N–H and O–H groups in total. The molecule has 27 heavy (non-hydrogen) atoms. The third-order valence-corrected chi connectivity index (χ3v) is 5.52. The van der Waals surface area contributed by atoms with Crippen LogP contribution in [-0.2, 0) is 12.0 Å². The quantitative estimate of drug-likeness (QED) is 0.366. The first-order valence-corrected chi connectivity index (χ1v) is 10.1. The highest BCUT2D eigenvalue weighted by Gasteiger charge is 2.16. The van der Waals surface area contributed by atoms with Crippen LogP contribution in [0.25, 0.3) is 10.9 Å². The van der Waals surface area contributed by atoms with E-state index in [1.165, 1.54) is 17.3 Å². The first-order valence-electron chi connectivity index (χ1n) is 9.07. The summed E-state index contributed by atoms with van der Waals surface area (Å²) in [7, 11) is 0. The molecule has 0 amide bonds. The summed E-state index contributed by atoms with van der Waals surface area (Å²) in [5, 5.41) is 1.19. The summed E-state index contributed by atoms with van der Waals surface area (Å²) in [5.41, 5.74) is 2.54. The van der Waals surface area contributed by atoms with E-state index in [0.717, 1.165) is 0 Å². The lowest BCUT2D eigenvalue weighted by atomic mass is 9.86. The molecule has 0 aliphatic heterocycles. The van der Waals surface area contributed by atoms with Crippen LogP contribution in [0.15, 0.2) is 58.5 Å². The summed E-state index contributed by atoms with van der Waals surface area (Å²) >= 11 is 1.32. The van der Waals surface area contributed by atoms with E-state index in [4.69, 9.17) is 0 Å². The second-order valence-electron chi connectivity index (χ2n) is 7.50. The predicted octanol–water partition coefficient (Wildman–Crippen LogP) is 4.69. The van der Waals surface area contributed by atoms with Crippen LogP contribution in [0.5, 0.6) is 0 Å². The Hall–Kier alpha value is -2.40. The van der Waals surface area contributed by atoms with Crippen molar-refractivity contribution in [1.29, 1.82) is 0 Å². The first kappa shape index (κ1) is 19.4. The maximum atomic E-state index is 12.7. The standard InChI is InChI=1S/C22H24N2O2S/c1-5-24-20(26)17-8-6-7-9-18(17)23-21(24)27-14-19(25)15-10-12-16(13-11-15)22(2,3)4/h6-13H,5,14H2,1-4H3. The molecule has 0 aliphatic rings. The third kappa shape index (κ3) is 4.14. The van der Waals surface area contributed by atoms with E-state index < -0.39 is 0 Å². The zero-order valence-electron chi connectivity index (χ0n) is 16.2. The summed E-state index contributed by atoms with van der Waals surface area (Å²) < 4.78 is 1.63. The average Bonchev–Trinajstić information content (AvgIpc) is 2.65. The number of carbonyl (C=O) groups is 1. The second-order valence-corrected chi connectivity index (χ2v) is 8.44. The number of nitrogens with zero attached hydrogens (tertiary/aromatic N) is 2. The van der Waals surface area contributed by atoms with Crippen molar-refractivity contribution in [3.63, 3.8) is 0 Å². The summed E-state index contributed by atoms with van der Waals surface area (Å²) in [4.78, 5) is 29.8. The molecule has 3 rings (SSSR count). The van der Waals surface area contributed by atoms with Gasteiger partial charge in [-0.25, -0.2) is 4.98 Å². The van der Waals surface area contributed by atoms with Gasteiger partial charge in [-0.1, -0.05) is 68.9 Å². The van der Waals surface area contributed by atoms with E-state index in [1.54, 1.807) is 10.6 Å². The van der Waals surface area contributed by atoms with E-state index in [0.29, 0.717) is 28.2 Å². The van der Waals surface area contributed by atoms with Crippen LogP contribution in [0.4, 0.5) is 0 Å². The number of fused-ring (bicyclic) bond motifs is 1. The zero-order valence-corrected chi connectivity index (χ0v) is 17.0. The molecule has 4 nitrogen and oxygen atoms in total. The number of rotatable bonds is 5. The molecule has 0 aliphatic carbocycles. The van der Waals surface area contributed by atoms with E-state index in [1.807, 2.05) is 49.4 Å². The molecule has 2 aromatic carbocycles. The van der Waals surface area contributed by atoms with Crippen molar-refractivity contribution in [3.8, 4) is 0 Å². The van der Waals surface area contributed by atoms with E-state index in [9.17, 15) is 9.59 Å². The van der Waals surface area contributed by atoms with E-state index in [2.05, 4.69) is 25.8 Å². The molecule has 0 bridgehead atoms. The summed E-state index contributed by atoms with van der Waals surface area (Å²) in [6.07, 6.45) is 0. The van der Waals surface area contributed by atoms with Crippen LogP contribution >= 0.6 is 11.8 Å². The normalized spacial score (nSPS) is 11.7. The van der Waals surface area contributed by atoms with Crippen LogP contribution in [0, 0.1) is 0 Å². The van der Waals surface area contributed by atoms with Gasteiger partial charge in [0.05, 0.1) is 16.7 Å². The summed E-state index contributed by atoms with van der Waals surface area (Å²) in [6, 6.07) is 15.1. The van der Waals surface area contributed by atoms with Crippen molar-refractivity contribution >= 4 is 28.4 Å². The monoisotopic (exact) mass is 380 g/mol. The molecule has 0 saturated carbocycles. The first-order chi connectivity index (χ1) is 12.8. The molecule has 1 heterocycles. The Labute approximate surface area is 163 Å². The molecule has 0 fully saturated rings. The molecule has 5 heteroatoms. The van der Waals surface area contributed by atoms with Crippen LogP contribution in [0.3, 0.4) is 0 Å². The minimum absolute atomic E-state index is 0.0329. The molecular formula is C22H24N2O2S. The fourth-order valence-electron chi connectivity index (χ4n) is 2.91. The number of hydrogen-bond acceptors (Lipinski definition) is 4. The molecule has 0 saturated heterocycles. The van der Waals surface area contributed by atoms with Crippen molar-refractivity contribution in [3.05, 3.63) is 70.0 Å². The summed E-state index contributed by atoms with van der Waals surface area (Å²) in [6.45, 7) is 8.88. The lowest BCUT2D eigenvalue weighted by Gasteiger charge is -2.19. The minimum Gasteiger partial charge on any atom is -0.293 e. The molecular weight excluding hydrogens is 356 g/mol. The van der Waals surface area contributed by atoms with Crippen LogP contribution in [-0.4, -0.2) is 21.1 Å². The van der Waals surface area contributed by atoms with Gasteiger partial charge in [0, 0.05) is 12.1 Å². The van der Waals surface area contributed by atoms with Gasteiger partial charge in [-0.05, 0) is 30.0 Å². The molecule has 3 aromatic rings. The van der Waals surface area contributed by atoms with Crippen molar-refractivity contribution in [1.82, 2.24) is 9.55 Å². The number of benzene rings is 2. The fourth-order valence-corrected chi connectivity index (χ4v) is 3.86. The number of carbonyl (C=O) groups excluding carboxylic acids is 1. The van der Waals surface area contributed by atoms with E-state index in [-0.39, 0.29) is 22.5 Å². The predicted molar refractivity (Wildman–Crippen MR) is 112 cm³/mol. The van der Waals surface area contributed by atoms with Gasteiger partial charge in [-0.2, -0.15) is 0 Å². The molecule has 0 atom stereocenters. The highest BCUT2D eigenvalue weighted by Crippen LogP contribution is 2.23. The lowest BCUT2D eigenvalue weighted by molar-refractivity contribution is 0.102. The zero-order chi connectivity index (χ0) is 19.6. The SMILES string of the molecule is CCn1c(SCC(=O)c2ccc(C(C)(C)C)cc2)nc2ccccc2c1=O. The average molecular weight is 381 g/mol. The Morgan fingerprint density at radius 1 is 1.07 bits per heavy atom. The largest absolute Gasteiger partial charge is 0.293 e. The number of Topliss-reactive ketones (excluding diaryl/α,β-unsaturated/α-hetero) is 1. The number of para-hydroxylation sites is 1. The van der Waals surface area contributed by atoms with E-state index >= 15 is 0 Å².